The van der Waals surface area contributed by atoms with E-state index in [1.54, 1.807) is 0 Å². The molecule has 0 radical (unpaired) electrons. The molecular formula is C15H20N2. The van der Waals surface area contributed by atoms with Gasteiger partial charge in [-0.25, -0.2) is 0 Å². The lowest BCUT2D eigenvalue weighted by atomic mass is 10.0. The summed E-state index contributed by atoms with van der Waals surface area (Å²) >= 11 is 0. The SMILES string of the molecule is CCc1cccc2c(N)cc(CC(C)C)nc12. The topological polar surface area (TPSA) is 38.9 Å². The fourth-order valence-corrected chi connectivity index (χ4v) is 2.20. The predicted molar refractivity (Wildman–Crippen MR) is 74.1 cm³/mol. The van der Waals surface area contributed by atoms with Crippen LogP contribution in [-0.2, 0) is 12.8 Å². The number of nitrogen functional groups attached to an aromatic ring is 1. The van der Waals surface area contributed by atoms with Crippen LogP contribution in [0.25, 0.3) is 10.9 Å². The van der Waals surface area contributed by atoms with E-state index < -0.39 is 0 Å². The summed E-state index contributed by atoms with van der Waals surface area (Å²) in [5.74, 6) is 0.605. The molecule has 0 spiro atoms. The Bertz CT molecular complexity index is 530. The number of rotatable bonds is 3. The number of nitrogens with two attached hydrogens (primary N) is 1. The molecule has 17 heavy (non-hydrogen) atoms. The second kappa shape index (κ2) is 4.74. The largest absolute Gasteiger partial charge is 0.398 e. The molecule has 2 heteroatoms. The zero-order chi connectivity index (χ0) is 12.4. The van der Waals surface area contributed by atoms with Crippen LogP contribution in [0, 0.1) is 5.92 Å². The first kappa shape index (κ1) is 11.9. The first-order chi connectivity index (χ1) is 8.11. The summed E-state index contributed by atoms with van der Waals surface area (Å²) in [6.45, 7) is 6.56. The fraction of sp³-hybridized carbons (Fsp3) is 0.400. The molecule has 1 heterocycles. The van der Waals surface area contributed by atoms with Gasteiger partial charge in [-0.15, -0.1) is 0 Å². The maximum absolute atomic E-state index is 6.12. The van der Waals surface area contributed by atoms with Gasteiger partial charge >= 0.3 is 0 Å². The molecule has 90 valence electrons. The molecule has 1 aromatic carbocycles. The summed E-state index contributed by atoms with van der Waals surface area (Å²) in [6.07, 6.45) is 1.98. The Hall–Kier alpha value is -1.57. The van der Waals surface area contributed by atoms with Crippen molar-refractivity contribution in [2.45, 2.75) is 33.6 Å². The summed E-state index contributed by atoms with van der Waals surface area (Å²) < 4.78 is 0. The number of anilines is 1. The Morgan fingerprint density at radius 3 is 2.71 bits per heavy atom. The predicted octanol–water partition coefficient (Wildman–Crippen LogP) is 3.58. The van der Waals surface area contributed by atoms with E-state index in [1.165, 1.54) is 5.56 Å². The van der Waals surface area contributed by atoms with Gasteiger partial charge in [0, 0.05) is 16.8 Å². The molecule has 1 aromatic heterocycles. The Morgan fingerprint density at radius 1 is 1.29 bits per heavy atom. The van der Waals surface area contributed by atoms with Crippen LogP contribution in [0.3, 0.4) is 0 Å². The summed E-state index contributed by atoms with van der Waals surface area (Å²) in [4.78, 5) is 4.77. The summed E-state index contributed by atoms with van der Waals surface area (Å²) in [5.41, 5.74) is 10.4. The van der Waals surface area contributed by atoms with Crippen LogP contribution in [-0.4, -0.2) is 4.98 Å². The third kappa shape index (κ3) is 2.41. The maximum atomic E-state index is 6.12. The number of aromatic nitrogens is 1. The zero-order valence-corrected chi connectivity index (χ0v) is 10.8. The van der Waals surface area contributed by atoms with E-state index in [9.17, 15) is 0 Å². The average molecular weight is 228 g/mol. The van der Waals surface area contributed by atoms with Crippen LogP contribution < -0.4 is 5.73 Å². The molecule has 0 fully saturated rings. The second-order valence-electron chi connectivity index (χ2n) is 4.97. The van der Waals surface area contributed by atoms with Crippen molar-refractivity contribution in [1.82, 2.24) is 4.98 Å². The lowest BCUT2D eigenvalue weighted by Gasteiger charge is -2.10. The molecule has 0 unspecified atom stereocenters. The Balaban J connectivity index is 2.61. The van der Waals surface area contributed by atoms with Gasteiger partial charge in [0.2, 0.25) is 0 Å². The third-order valence-electron chi connectivity index (χ3n) is 3.01. The molecule has 2 rings (SSSR count). The first-order valence-electron chi connectivity index (χ1n) is 6.28. The lowest BCUT2D eigenvalue weighted by molar-refractivity contribution is 0.637. The summed E-state index contributed by atoms with van der Waals surface area (Å²) in [5, 5.41) is 1.08. The van der Waals surface area contributed by atoms with Crippen LogP contribution in [0.5, 0.6) is 0 Å². The van der Waals surface area contributed by atoms with Gasteiger partial charge in [0.25, 0.3) is 0 Å². The standard InChI is InChI=1S/C15H20N2/c1-4-11-6-5-7-13-14(16)9-12(8-10(2)3)17-15(11)13/h5-7,9-10H,4,8H2,1-3H3,(H2,16,17). The van der Waals surface area contributed by atoms with Crippen molar-refractivity contribution in [3.05, 3.63) is 35.5 Å². The van der Waals surface area contributed by atoms with Gasteiger partial charge in [-0.2, -0.15) is 0 Å². The number of hydrogen-bond acceptors (Lipinski definition) is 2. The minimum Gasteiger partial charge on any atom is -0.398 e. The van der Waals surface area contributed by atoms with Crippen molar-refractivity contribution >= 4 is 16.6 Å². The Labute approximate surface area is 103 Å². The smallest absolute Gasteiger partial charge is 0.0757 e. The molecule has 0 atom stereocenters. The maximum Gasteiger partial charge on any atom is 0.0757 e. The molecule has 2 nitrogen and oxygen atoms in total. The number of pyridine rings is 1. The van der Waals surface area contributed by atoms with Gasteiger partial charge in [-0.3, -0.25) is 4.98 Å². The Kier molecular flexibility index (Phi) is 3.32. The van der Waals surface area contributed by atoms with Crippen LogP contribution in [0.4, 0.5) is 5.69 Å². The molecule has 0 aliphatic heterocycles. The van der Waals surface area contributed by atoms with Crippen molar-refractivity contribution < 1.29 is 0 Å². The molecule has 2 N–H and O–H groups in total. The number of benzene rings is 1. The molecule has 0 aliphatic rings. The van der Waals surface area contributed by atoms with E-state index in [2.05, 4.69) is 39.0 Å². The van der Waals surface area contributed by atoms with Gasteiger partial charge in [0.1, 0.15) is 0 Å². The van der Waals surface area contributed by atoms with E-state index >= 15 is 0 Å². The van der Waals surface area contributed by atoms with E-state index in [1.807, 2.05) is 6.07 Å². The summed E-state index contributed by atoms with van der Waals surface area (Å²) in [6, 6.07) is 8.26. The molecule has 0 bridgehead atoms. The van der Waals surface area contributed by atoms with Gasteiger partial charge in [0.05, 0.1) is 5.52 Å². The van der Waals surface area contributed by atoms with Crippen LogP contribution >= 0.6 is 0 Å². The van der Waals surface area contributed by atoms with E-state index in [0.29, 0.717) is 5.92 Å². The second-order valence-corrected chi connectivity index (χ2v) is 4.97. The minimum atomic E-state index is 0.605. The highest BCUT2D eigenvalue weighted by atomic mass is 14.7. The van der Waals surface area contributed by atoms with E-state index in [0.717, 1.165) is 35.1 Å². The van der Waals surface area contributed by atoms with Gasteiger partial charge in [-0.1, -0.05) is 39.0 Å². The van der Waals surface area contributed by atoms with Crippen LogP contribution in [0.2, 0.25) is 0 Å². The quantitative estimate of drug-likeness (QED) is 0.872. The molecule has 0 aliphatic carbocycles. The number of aryl methyl sites for hydroxylation is 1. The van der Waals surface area contributed by atoms with Crippen molar-refractivity contribution in [3.8, 4) is 0 Å². The normalized spacial score (nSPS) is 11.3. The van der Waals surface area contributed by atoms with E-state index in [-0.39, 0.29) is 0 Å². The average Bonchev–Trinajstić information content (AvgIpc) is 2.27. The third-order valence-corrected chi connectivity index (χ3v) is 3.01. The highest BCUT2D eigenvalue weighted by Gasteiger charge is 2.07. The fourth-order valence-electron chi connectivity index (χ4n) is 2.20. The Morgan fingerprint density at radius 2 is 2.06 bits per heavy atom. The van der Waals surface area contributed by atoms with Crippen molar-refractivity contribution in [2.75, 3.05) is 5.73 Å². The molecule has 2 aromatic rings. The first-order valence-corrected chi connectivity index (χ1v) is 6.28. The highest BCUT2D eigenvalue weighted by Crippen LogP contribution is 2.24. The van der Waals surface area contributed by atoms with Gasteiger partial charge in [0.15, 0.2) is 0 Å². The van der Waals surface area contributed by atoms with Crippen molar-refractivity contribution in [2.24, 2.45) is 5.92 Å². The number of hydrogen-bond donors (Lipinski definition) is 1. The van der Waals surface area contributed by atoms with Crippen molar-refractivity contribution in [1.29, 1.82) is 0 Å². The van der Waals surface area contributed by atoms with Crippen LogP contribution in [0.1, 0.15) is 32.0 Å². The minimum absolute atomic E-state index is 0.605. The highest BCUT2D eigenvalue weighted by molar-refractivity contribution is 5.92. The summed E-state index contributed by atoms with van der Waals surface area (Å²) in [7, 11) is 0. The molecular weight excluding hydrogens is 208 g/mol. The van der Waals surface area contributed by atoms with Crippen LogP contribution in [0.15, 0.2) is 24.3 Å². The lowest BCUT2D eigenvalue weighted by Crippen LogP contribution is -2.01. The number of nitrogens with zero attached hydrogens (tertiary/aromatic N) is 1. The number of para-hydroxylation sites is 1. The molecule has 0 saturated heterocycles. The van der Waals surface area contributed by atoms with Gasteiger partial charge in [-0.05, 0) is 30.4 Å². The molecule has 0 amide bonds. The number of fused-ring (bicyclic) bond motifs is 1. The van der Waals surface area contributed by atoms with Gasteiger partial charge < -0.3 is 5.73 Å². The van der Waals surface area contributed by atoms with Crippen molar-refractivity contribution in [3.63, 3.8) is 0 Å². The van der Waals surface area contributed by atoms with E-state index in [4.69, 9.17) is 10.7 Å². The zero-order valence-electron chi connectivity index (χ0n) is 10.8. The molecule has 0 saturated carbocycles. The monoisotopic (exact) mass is 228 g/mol.